The highest BCUT2D eigenvalue weighted by Gasteiger charge is 2.51. The van der Waals surface area contributed by atoms with Crippen molar-refractivity contribution in [2.24, 2.45) is 34.6 Å². The molecule has 0 spiro atoms. The van der Waals surface area contributed by atoms with Gasteiger partial charge in [0.2, 0.25) is 12.2 Å². The van der Waals surface area contributed by atoms with Crippen LogP contribution in [0.15, 0.2) is 4.79 Å². The number of pyridine rings is 1. The summed E-state index contributed by atoms with van der Waals surface area (Å²) in [6, 6.07) is -4.43. The number of amides is 1. The first-order valence-electron chi connectivity index (χ1n) is 24.9. The number of carboxylic acid groups (broad SMARTS) is 1. The molecule has 74 heavy (non-hydrogen) atoms. The van der Waals surface area contributed by atoms with E-state index in [9.17, 15) is 49.5 Å². The van der Waals surface area contributed by atoms with Gasteiger partial charge in [0.25, 0.3) is 0 Å². The Bertz CT molecular complexity index is 2490. The first kappa shape index (κ1) is 55.4. The number of aryl methyl sites for hydroxylation is 1. The van der Waals surface area contributed by atoms with Crippen molar-refractivity contribution in [3.63, 3.8) is 0 Å². The van der Waals surface area contributed by atoms with E-state index in [0.717, 1.165) is 12.8 Å². The Hall–Kier alpha value is -4.88. The molecule has 6 fully saturated rings. The van der Waals surface area contributed by atoms with E-state index < -0.39 is 159 Å². The number of hydrogen-bond donors (Lipinski definition) is 10. The summed E-state index contributed by atoms with van der Waals surface area (Å²) >= 11 is 0. The van der Waals surface area contributed by atoms with Gasteiger partial charge in [0, 0.05) is 55.6 Å². The molecule has 4 aliphatic heterocycles. The molecular weight excluding hydrogens is 984 g/mol. The molecular formula is C47H69FN8O18. The molecule has 27 heteroatoms. The standard InChI is InChI=1S/C47H69FN8O18/c1-18-31-35(56(21-6-7-21)19(2)32(38(31)61)44(64)65)43(67-3)36(33(18)48)54-14-20-5-4-10-55(25(20)15-54)47(66)70-17-69-30(59)9-8-29(58)68-16-28-37(60)34(53)39(62)46(72-28)74-42-23(51)11-22(50)41(40(42)63)73-45-24(52)12-26(57)27(13-49)71-45/h20-28,34,37,39-42,45-46,57,60,62-63H,4-17,49-53H2,1-3H3,(H,64,65)/t20?,22-,23-,24-,25?,26+,27-,28-,34+,37-,39-,40+,41-,42+,45-,46-/m1/s1. The largest absolute Gasteiger partial charge is 0.492 e. The molecule has 5 heterocycles. The second-order valence-electron chi connectivity index (χ2n) is 20.1. The normalized spacial score (nSPS) is 34.3. The molecule has 16 atom stereocenters. The number of halogens is 1. The highest BCUT2D eigenvalue weighted by molar-refractivity contribution is 6.00. The number of nitrogens with two attached hydrogens (primary N) is 5. The summed E-state index contributed by atoms with van der Waals surface area (Å²) in [4.78, 5) is 68.0. The van der Waals surface area contributed by atoms with E-state index in [2.05, 4.69) is 0 Å². The summed E-state index contributed by atoms with van der Waals surface area (Å²) in [6.45, 7) is 2.39. The molecule has 2 aromatic rings. The number of ether oxygens (including phenoxy) is 8. The van der Waals surface area contributed by atoms with Crippen LogP contribution in [0.3, 0.4) is 0 Å². The average Bonchev–Trinajstić information content (AvgIpc) is 4.10. The first-order valence-corrected chi connectivity index (χ1v) is 24.9. The van der Waals surface area contributed by atoms with Gasteiger partial charge in [-0.2, -0.15) is 0 Å². The molecule has 1 amide bonds. The van der Waals surface area contributed by atoms with Crippen LogP contribution in [0.2, 0.25) is 0 Å². The predicted molar refractivity (Wildman–Crippen MR) is 254 cm³/mol. The van der Waals surface area contributed by atoms with Gasteiger partial charge in [0.15, 0.2) is 24.1 Å². The van der Waals surface area contributed by atoms with Gasteiger partial charge in [-0.15, -0.1) is 0 Å². The number of aromatic nitrogens is 1. The van der Waals surface area contributed by atoms with Crippen molar-refractivity contribution < 1.29 is 87.0 Å². The van der Waals surface area contributed by atoms with Crippen LogP contribution in [0.5, 0.6) is 5.75 Å². The molecule has 1 aromatic heterocycles. The molecule has 6 aliphatic rings. The van der Waals surface area contributed by atoms with Crippen molar-refractivity contribution in [3.8, 4) is 5.75 Å². The van der Waals surface area contributed by atoms with Crippen molar-refractivity contribution in [1.82, 2.24) is 9.47 Å². The molecule has 1 aromatic carbocycles. The van der Waals surface area contributed by atoms with Crippen LogP contribution < -0.4 is 43.7 Å². The van der Waals surface area contributed by atoms with Crippen LogP contribution in [0.1, 0.15) is 79.0 Å². The smallest absolute Gasteiger partial charge is 0.412 e. The Labute approximate surface area is 423 Å². The third kappa shape index (κ3) is 10.9. The van der Waals surface area contributed by atoms with Gasteiger partial charge in [-0.25, -0.2) is 14.0 Å². The van der Waals surface area contributed by atoms with Crippen molar-refractivity contribution >= 4 is 40.6 Å². The Morgan fingerprint density at radius 2 is 1.46 bits per heavy atom. The SMILES string of the molecule is COc1c(N2CC3CCCN(C(=O)OCOC(=O)CCC(=O)OC[C@H]4O[C@H](O[C@@H]5[C@@H](O)[C@H](O[C@H]6O[C@H](CN)[C@@H](O)C[C@H]6N)[C@H](N)C[C@H]5N)[C@H](O)[C@@H](N)[C@@H]4O)C3C2)c(F)c(C)c2c(=O)c(C(=O)O)c(C)n(C3CC3)c12. The van der Waals surface area contributed by atoms with Gasteiger partial charge in [-0.05, 0) is 58.3 Å². The van der Waals surface area contributed by atoms with Crippen LogP contribution in [0.4, 0.5) is 14.9 Å². The minimum Gasteiger partial charge on any atom is -0.492 e. The number of likely N-dealkylation sites (tertiary alicyclic amines) is 1. The number of carbonyl (C=O) groups excluding carboxylic acids is 3. The number of fused-ring (bicyclic) bond motifs is 2. The third-order valence-electron chi connectivity index (χ3n) is 15.2. The number of esters is 2. The Kier molecular flexibility index (Phi) is 17.0. The van der Waals surface area contributed by atoms with Crippen LogP contribution in [0.25, 0.3) is 10.9 Å². The zero-order chi connectivity index (χ0) is 53.6. The van der Waals surface area contributed by atoms with Crippen LogP contribution in [0, 0.1) is 25.6 Å². The molecule has 2 unspecified atom stereocenters. The summed E-state index contributed by atoms with van der Waals surface area (Å²) in [5.41, 5.74) is 30.0. The lowest BCUT2D eigenvalue weighted by atomic mass is 9.84. The first-order chi connectivity index (χ1) is 35.2. The van der Waals surface area contributed by atoms with Crippen molar-refractivity contribution in [2.75, 3.05) is 51.6 Å². The minimum atomic E-state index is -1.65. The summed E-state index contributed by atoms with van der Waals surface area (Å²) in [6.07, 6.45) is -11.7. The number of hydrogen-bond acceptors (Lipinski definition) is 23. The fourth-order valence-corrected chi connectivity index (χ4v) is 11.1. The van der Waals surface area contributed by atoms with E-state index in [0.29, 0.717) is 31.4 Å². The molecule has 2 saturated carbocycles. The topological polar surface area (TPSA) is 402 Å². The van der Waals surface area contributed by atoms with Crippen LogP contribution in [-0.4, -0.2) is 197 Å². The van der Waals surface area contributed by atoms with Gasteiger partial charge < -0.3 is 106 Å². The predicted octanol–water partition coefficient (Wildman–Crippen LogP) is -2.61. The molecule has 8 rings (SSSR count). The van der Waals surface area contributed by atoms with Gasteiger partial charge in [-0.1, -0.05) is 0 Å². The number of benzene rings is 1. The number of piperidine rings is 1. The van der Waals surface area contributed by atoms with E-state index in [1.165, 1.54) is 18.9 Å². The monoisotopic (exact) mass is 1050 g/mol. The fourth-order valence-electron chi connectivity index (χ4n) is 11.1. The molecule has 2 aliphatic carbocycles. The second-order valence-corrected chi connectivity index (χ2v) is 20.1. The number of methoxy groups -OCH3 is 1. The number of carbonyl (C=O) groups is 4. The van der Waals surface area contributed by atoms with E-state index in [1.54, 1.807) is 16.4 Å². The Morgan fingerprint density at radius 3 is 2.09 bits per heavy atom. The molecule has 0 radical (unpaired) electrons. The van der Waals surface area contributed by atoms with E-state index >= 15 is 4.39 Å². The highest BCUT2D eigenvalue weighted by Crippen LogP contribution is 2.48. The van der Waals surface area contributed by atoms with Gasteiger partial charge in [0.05, 0.1) is 61.2 Å². The van der Waals surface area contributed by atoms with Crippen molar-refractivity contribution in [2.45, 2.75) is 163 Å². The van der Waals surface area contributed by atoms with Crippen molar-refractivity contribution in [1.29, 1.82) is 0 Å². The number of aliphatic hydroxyl groups excluding tert-OH is 4. The van der Waals surface area contributed by atoms with Crippen LogP contribution in [-0.2, 0) is 42.7 Å². The van der Waals surface area contributed by atoms with E-state index in [4.69, 9.17) is 66.6 Å². The summed E-state index contributed by atoms with van der Waals surface area (Å²) < 4.78 is 63.4. The van der Waals surface area contributed by atoms with Gasteiger partial charge >= 0.3 is 24.0 Å². The van der Waals surface area contributed by atoms with Crippen molar-refractivity contribution in [3.05, 3.63) is 32.9 Å². The number of anilines is 1. The average molecular weight is 1050 g/mol. The zero-order valence-electron chi connectivity index (χ0n) is 41.4. The summed E-state index contributed by atoms with van der Waals surface area (Å²) in [7, 11) is 1.36. The molecule has 412 valence electrons. The van der Waals surface area contributed by atoms with Crippen LogP contribution >= 0.6 is 0 Å². The second kappa shape index (κ2) is 22.8. The maximum absolute atomic E-state index is 16.6. The summed E-state index contributed by atoms with van der Waals surface area (Å²) in [5.74, 6) is -3.98. The molecule has 4 saturated heterocycles. The number of aromatic carboxylic acids is 1. The lowest BCUT2D eigenvalue weighted by Gasteiger charge is -2.47. The highest BCUT2D eigenvalue weighted by atomic mass is 19.1. The maximum atomic E-state index is 16.6. The molecule has 26 nitrogen and oxygen atoms in total. The quantitative estimate of drug-likeness (QED) is 0.0608. The minimum absolute atomic E-state index is 0.0139. The lowest BCUT2D eigenvalue weighted by Crippen LogP contribution is -2.68. The maximum Gasteiger partial charge on any atom is 0.412 e. The number of rotatable bonds is 16. The molecule has 0 bridgehead atoms. The summed E-state index contributed by atoms with van der Waals surface area (Å²) in [5, 5.41) is 53.3. The fraction of sp³-hybridized carbons (Fsp3) is 0.723. The Balaban J connectivity index is 0.816. The van der Waals surface area contributed by atoms with Gasteiger partial charge in [0.1, 0.15) is 54.5 Å². The number of nitrogens with zero attached hydrogens (tertiary/aromatic N) is 3. The number of aliphatic hydroxyl groups is 4. The number of carboxylic acids is 1. The molecule has 15 N–H and O–H groups in total. The van der Waals surface area contributed by atoms with Gasteiger partial charge in [-0.3, -0.25) is 14.4 Å². The Morgan fingerprint density at radius 1 is 0.811 bits per heavy atom. The zero-order valence-corrected chi connectivity index (χ0v) is 41.4. The lowest BCUT2D eigenvalue weighted by molar-refractivity contribution is -0.315. The van der Waals surface area contributed by atoms with E-state index in [1.807, 2.05) is 0 Å². The van der Waals surface area contributed by atoms with E-state index in [-0.39, 0.29) is 66.0 Å². The third-order valence-corrected chi connectivity index (χ3v) is 15.2.